The summed E-state index contributed by atoms with van der Waals surface area (Å²) in [6.07, 6.45) is 11.3. The smallest absolute Gasteiger partial charge is 0.150 e. The Balaban J connectivity index is 2.02. The second-order valence-corrected chi connectivity index (χ2v) is 8.59. The van der Waals surface area contributed by atoms with Gasteiger partial charge in [0.15, 0.2) is 0 Å². The van der Waals surface area contributed by atoms with E-state index >= 15 is 0 Å². The quantitative estimate of drug-likeness (QED) is 0.118. The van der Waals surface area contributed by atoms with Crippen LogP contribution in [0.5, 0.6) is 11.5 Å². The van der Waals surface area contributed by atoms with Crippen LogP contribution in [0.15, 0.2) is 86.0 Å². The van der Waals surface area contributed by atoms with E-state index in [9.17, 15) is 9.59 Å². The van der Waals surface area contributed by atoms with Crippen molar-refractivity contribution in [2.75, 3.05) is 13.2 Å². The van der Waals surface area contributed by atoms with E-state index in [2.05, 4.69) is 13.2 Å². The number of carbonyl (C=O) groups excluding carboxylic acids is 2. The summed E-state index contributed by atoms with van der Waals surface area (Å²) in [5.74, 6) is 1.50. The van der Waals surface area contributed by atoms with E-state index in [1.807, 2.05) is 48.6 Å². The third-order valence-corrected chi connectivity index (χ3v) is 5.92. The van der Waals surface area contributed by atoms with Crippen LogP contribution >= 0.6 is 0 Å². The van der Waals surface area contributed by atoms with Crippen LogP contribution in [0.3, 0.4) is 0 Å². The summed E-state index contributed by atoms with van der Waals surface area (Å²) < 4.78 is 12.6. The molecule has 0 N–H and O–H groups in total. The fourth-order valence-electron chi connectivity index (χ4n) is 3.88. The van der Waals surface area contributed by atoms with Crippen LogP contribution in [0.4, 0.5) is 0 Å². The van der Waals surface area contributed by atoms with Gasteiger partial charge >= 0.3 is 0 Å². The first-order valence-corrected chi connectivity index (χ1v) is 12.5. The lowest BCUT2D eigenvalue weighted by molar-refractivity contribution is 0.111. The average Bonchev–Trinajstić information content (AvgIpc) is 2.93. The fraction of sp³-hybridized carbons (Fsp3) is 0.250. The number of hydrogen-bond donors (Lipinski definition) is 0. The highest BCUT2D eigenvalue weighted by atomic mass is 16.5. The number of unbranched alkanes of at least 4 members (excludes halogenated alkanes) is 4. The number of carbonyl (C=O) groups is 2. The highest BCUT2D eigenvalue weighted by molar-refractivity contribution is 5.84. The molecule has 0 amide bonds. The van der Waals surface area contributed by atoms with Gasteiger partial charge in [-0.1, -0.05) is 60.7 Å². The Morgan fingerprint density at radius 2 is 0.972 bits per heavy atom. The lowest BCUT2D eigenvalue weighted by Crippen LogP contribution is -2.03. The standard InChI is InChI=1S/C32H34O4/c1-3-5-7-9-19-35-31-21-30(28-17-13-26(24-34)14-18-28)32(36-20-10-8-6-4-2)22-29(31)27-15-11-25(23-33)12-16-27/h3-4,11-18,21-24H,1-2,5-10,19-20H2. The van der Waals surface area contributed by atoms with E-state index in [1.165, 1.54) is 0 Å². The molecule has 0 saturated heterocycles. The molecule has 3 aromatic carbocycles. The van der Waals surface area contributed by atoms with Crippen molar-refractivity contribution >= 4 is 12.6 Å². The molecule has 0 spiro atoms. The molecule has 0 unspecified atom stereocenters. The molecule has 0 aliphatic carbocycles. The number of allylic oxidation sites excluding steroid dienone is 2. The van der Waals surface area contributed by atoms with Crippen LogP contribution < -0.4 is 9.47 Å². The Kier molecular flexibility index (Phi) is 10.7. The molecule has 186 valence electrons. The second kappa shape index (κ2) is 14.5. The number of ether oxygens (including phenoxy) is 2. The summed E-state index contributed by atoms with van der Waals surface area (Å²) >= 11 is 0. The van der Waals surface area contributed by atoms with Gasteiger partial charge in [-0.2, -0.15) is 0 Å². The van der Waals surface area contributed by atoms with E-state index in [1.54, 1.807) is 24.3 Å². The van der Waals surface area contributed by atoms with Crippen molar-refractivity contribution in [3.63, 3.8) is 0 Å². The molecular formula is C32H34O4. The van der Waals surface area contributed by atoms with Crippen LogP contribution in [-0.4, -0.2) is 25.8 Å². The molecule has 36 heavy (non-hydrogen) atoms. The van der Waals surface area contributed by atoms with Gasteiger partial charge in [0.05, 0.1) is 13.2 Å². The van der Waals surface area contributed by atoms with Crippen molar-refractivity contribution in [2.24, 2.45) is 0 Å². The molecule has 4 nitrogen and oxygen atoms in total. The molecule has 0 fully saturated rings. The minimum atomic E-state index is 0.582. The number of hydrogen-bond acceptors (Lipinski definition) is 4. The van der Waals surface area contributed by atoms with Gasteiger partial charge in [-0.25, -0.2) is 0 Å². The van der Waals surface area contributed by atoms with Gasteiger partial charge in [0.25, 0.3) is 0 Å². The molecule has 0 aliphatic heterocycles. The van der Waals surface area contributed by atoms with Crippen molar-refractivity contribution in [3.8, 4) is 33.8 Å². The molecule has 0 saturated carbocycles. The zero-order valence-electron chi connectivity index (χ0n) is 20.8. The summed E-state index contributed by atoms with van der Waals surface area (Å²) in [5.41, 5.74) is 4.95. The first-order chi connectivity index (χ1) is 17.7. The molecule has 3 rings (SSSR count). The lowest BCUT2D eigenvalue weighted by Gasteiger charge is -2.18. The van der Waals surface area contributed by atoms with Gasteiger partial charge in [0.1, 0.15) is 24.1 Å². The van der Waals surface area contributed by atoms with Crippen molar-refractivity contribution in [1.82, 2.24) is 0 Å². The van der Waals surface area contributed by atoms with Crippen molar-refractivity contribution in [3.05, 3.63) is 97.1 Å². The van der Waals surface area contributed by atoms with Crippen LogP contribution in [0.1, 0.15) is 59.2 Å². The first-order valence-electron chi connectivity index (χ1n) is 12.5. The maximum Gasteiger partial charge on any atom is 0.150 e. The lowest BCUT2D eigenvalue weighted by atomic mass is 9.96. The average molecular weight is 483 g/mol. The molecule has 0 heterocycles. The van der Waals surface area contributed by atoms with Crippen molar-refractivity contribution in [2.45, 2.75) is 38.5 Å². The van der Waals surface area contributed by atoms with Gasteiger partial charge in [-0.05, 0) is 61.8 Å². The number of benzene rings is 3. The normalized spacial score (nSPS) is 10.4. The maximum absolute atomic E-state index is 11.2. The monoisotopic (exact) mass is 482 g/mol. The van der Waals surface area contributed by atoms with Gasteiger partial charge in [0.2, 0.25) is 0 Å². The number of rotatable bonds is 16. The van der Waals surface area contributed by atoms with Crippen LogP contribution in [-0.2, 0) is 0 Å². The minimum absolute atomic E-state index is 0.582. The summed E-state index contributed by atoms with van der Waals surface area (Å²) in [7, 11) is 0. The first kappa shape index (κ1) is 26.7. The molecule has 0 atom stereocenters. The second-order valence-electron chi connectivity index (χ2n) is 8.59. The van der Waals surface area contributed by atoms with Gasteiger partial charge in [0, 0.05) is 22.3 Å². The maximum atomic E-state index is 11.2. The molecular weight excluding hydrogens is 448 g/mol. The van der Waals surface area contributed by atoms with E-state index < -0.39 is 0 Å². The van der Waals surface area contributed by atoms with Crippen LogP contribution in [0, 0.1) is 0 Å². The topological polar surface area (TPSA) is 52.6 Å². The Morgan fingerprint density at radius 1 is 0.583 bits per heavy atom. The summed E-state index contributed by atoms with van der Waals surface area (Å²) in [6, 6.07) is 19.0. The third kappa shape index (κ3) is 7.54. The Labute approximate surface area is 214 Å². The van der Waals surface area contributed by atoms with Crippen molar-refractivity contribution < 1.29 is 19.1 Å². The zero-order valence-corrected chi connectivity index (χ0v) is 20.8. The molecule has 0 aromatic heterocycles. The summed E-state index contributed by atoms with van der Waals surface area (Å²) in [4.78, 5) is 22.3. The Hall–Kier alpha value is -3.92. The Morgan fingerprint density at radius 3 is 1.31 bits per heavy atom. The third-order valence-electron chi connectivity index (χ3n) is 5.92. The van der Waals surface area contributed by atoms with Gasteiger partial charge < -0.3 is 9.47 Å². The van der Waals surface area contributed by atoms with E-state index in [0.717, 1.165) is 84.9 Å². The van der Waals surface area contributed by atoms with E-state index in [-0.39, 0.29) is 0 Å². The molecule has 0 radical (unpaired) electrons. The SMILES string of the molecule is C=CCCCCOc1cc(-c2ccc(C=O)cc2)c(OCCCCC=C)cc1-c1ccc(C=O)cc1. The highest BCUT2D eigenvalue weighted by Gasteiger charge is 2.16. The fourth-order valence-corrected chi connectivity index (χ4v) is 3.88. The summed E-state index contributed by atoms with van der Waals surface area (Å²) in [5, 5.41) is 0. The number of aldehydes is 2. The largest absolute Gasteiger partial charge is 0.493 e. The van der Waals surface area contributed by atoms with E-state index in [0.29, 0.717) is 24.3 Å². The van der Waals surface area contributed by atoms with E-state index in [4.69, 9.17) is 9.47 Å². The zero-order chi connectivity index (χ0) is 25.6. The predicted molar refractivity (Wildman–Crippen MR) is 147 cm³/mol. The highest BCUT2D eigenvalue weighted by Crippen LogP contribution is 2.41. The minimum Gasteiger partial charge on any atom is -0.493 e. The molecule has 3 aromatic rings. The van der Waals surface area contributed by atoms with Crippen LogP contribution in [0.2, 0.25) is 0 Å². The van der Waals surface area contributed by atoms with Gasteiger partial charge in [-0.3, -0.25) is 9.59 Å². The van der Waals surface area contributed by atoms with Crippen molar-refractivity contribution in [1.29, 1.82) is 0 Å². The molecule has 0 bridgehead atoms. The van der Waals surface area contributed by atoms with Crippen LogP contribution in [0.25, 0.3) is 22.3 Å². The Bertz CT molecular complexity index is 1050. The molecule has 4 heteroatoms. The van der Waals surface area contributed by atoms with Gasteiger partial charge in [-0.15, -0.1) is 13.2 Å². The predicted octanol–water partition coefficient (Wildman–Crippen LogP) is 8.12. The molecule has 0 aliphatic rings. The summed E-state index contributed by atoms with van der Waals surface area (Å²) in [6.45, 7) is 8.74.